The fourth-order valence-corrected chi connectivity index (χ4v) is 5.72. The number of alkyl halides is 3. The minimum Gasteiger partial charge on any atom is -0.494 e. The van der Waals surface area contributed by atoms with Gasteiger partial charge in [0.25, 0.3) is 0 Å². The molecule has 3 rings (SSSR count). The van der Waals surface area contributed by atoms with Crippen LogP contribution in [-0.4, -0.2) is 79.5 Å². The van der Waals surface area contributed by atoms with Crippen LogP contribution in [0.4, 0.5) is 24.5 Å². The van der Waals surface area contributed by atoms with Crippen molar-refractivity contribution in [3.63, 3.8) is 0 Å². The maximum absolute atomic E-state index is 13.4. The maximum Gasteiger partial charge on any atom is 0.391 e. The van der Waals surface area contributed by atoms with Crippen LogP contribution in [0.2, 0.25) is 0 Å². The van der Waals surface area contributed by atoms with Crippen LogP contribution in [0.25, 0.3) is 0 Å². The second kappa shape index (κ2) is 10.2. The van der Waals surface area contributed by atoms with Gasteiger partial charge in [0.15, 0.2) is 0 Å². The first-order valence-electron chi connectivity index (χ1n) is 10.7. The van der Waals surface area contributed by atoms with Crippen LogP contribution < -0.4 is 24.8 Å². The number of hydrazine groups is 1. The van der Waals surface area contributed by atoms with Gasteiger partial charge in [0.05, 0.1) is 30.6 Å². The molecule has 1 saturated heterocycles. The predicted octanol–water partition coefficient (Wildman–Crippen LogP) is 1.71. The monoisotopic (exact) mass is 495 g/mol. The molecule has 9 nitrogen and oxygen atoms in total. The highest BCUT2D eigenvalue weighted by Crippen LogP contribution is 2.43. The molecule has 33 heavy (non-hydrogen) atoms. The van der Waals surface area contributed by atoms with Crippen LogP contribution >= 0.6 is 0 Å². The SMILES string of the molecule is COCN(c1c(OC)ccc2c1N(C)NC2)S(=O)(=O)CCN(C)C1CC(C(F)(F)F)CCN1. The summed E-state index contributed by atoms with van der Waals surface area (Å²) < 4.78 is 78.2. The Morgan fingerprint density at radius 2 is 2.00 bits per heavy atom. The number of ether oxygens (including phenoxy) is 2. The third-order valence-corrected chi connectivity index (χ3v) is 7.83. The van der Waals surface area contributed by atoms with Gasteiger partial charge in [-0.15, -0.1) is 0 Å². The molecule has 0 bridgehead atoms. The first-order valence-corrected chi connectivity index (χ1v) is 12.3. The number of fused-ring (bicyclic) bond motifs is 1. The number of nitrogens with zero attached hydrogens (tertiary/aromatic N) is 3. The van der Waals surface area contributed by atoms with Gasteiger partial charge in [-0.25, -0.2) is 18.1 Å². The van der Waals surface area contributed by atoms with E-state index in [0.717, 1.165) is 9.87 Å². The zero-order chi connectivity index (χ0) is 24.4. The van der Waals surface area contributed by atoms with Crippen LogP contribution in [0, 0.1) is 5.92 Å². The summed E-state index contributed by atoms with van der Waals surface area (Å²) >= 11 is 0. The number of anilines is 2. The number of piperidine rings is 1. The van der Waals surface area contributed by atoms with E-state index in [0.29, 0.717) is 23.7 Å². The lowest BCUT2D eigenvalue weighted by Crippen LogP contribution is -2.52. The fraction of sp³-hybridized carbons (Fsp3) is 0.700. The lowest BCUT2D eigenvalue weighted by Gasteiger charge is -2.37. The molecule has 2 aliphatic rings. The topological polar surface area (TPSA) is 86.4 Å². The number of hydrogen-bond donors (Lipinski definition) is 2. The number of methoxy groups -OCH3 is 2. The summed E-state index contributed by atoms with van der Waals surface area (Å²) in [6.07, 6.45) is -4.90. The molecule has 0 amide bonds. The van der Waals surface area contributed by atoms with Crippen LogP contribution in [0.3, 0.4) is 0 Å². The Bertz CT molecular complexity index is 931. The van der Waals surface area contributed by atoms with Crippen LogP contribution in [-0.2, 0) is 21.3 Å². The smallest absolute Gasteiger partial charge is 0.391 e. The summed E-state index contributed by atoms with van der Waals surface area (Å²) in [5.41, 5.74) is 5.08. The standard InChI is InChI=1S/C20H32F3N5O4S/c1-26(17-11-15(7-8-24-17)20(21,22)23)9-10-33(29,30)28(13-31-3)19-16(32-4)6-5-14-12-25-27(2)18(14)19/h5-6,15,17,24-25H,7-13H2,1-4H3. The third kappa shape index (κ3) is 5.65. The van der Waals surface area contributed by atoms with Crippen LogP contribution in [0.15, 0.2) is 12.1 Å². The molecule has 0 aliphatic carbocycles. The summed E-state index contributed by atoms with van der Waals surface area (Å²) in [5.74, 6) is -1.32. The predicted molar refractivity (Wildman–Crippen MR) is 120 cm³/mol. The van der Waals surface area contributed by atoms with Crippen molar-refractivity contribution in [2.75, 3.05) is 63.2 Å². The summed E-state index contributed by atoms with van der Waals surface area (Å²) in [6.45, 7) is 0.593. The molecule has 2 aliphatic heterocycles. The molecule has 13 heteroatoms. The largest absolute Gasteiger partial charge is 0.494 e. The zero-order valence-corrected chi connectivity index (χ0v) is 20.1. The Kier molecular flexibility index (Phi) is 7.99. The first-order chi connectivity index (χ1) is 15.5. The minimum atomic E-state index is -4.26. The van der Waals surface area contributed by atoms with Gasteiger partial charge >= 0.3 is 6.18 Å². The Balaban J connectivity index is 1.80. The van der Waals surface area contributed by atoms with Gasteiger partial charge in [-0.1, -0.05) is 6.07 Å². The molecule has 2 atom stereocenters. The van der Waals surface area contributed by atoms with Crippen LogP contribution in [0.1, 0.15) is 18.4 Å². The Morgan fingerprint density at radius 1 is 1.27 bits per heavy atom. The Morgan fingerprint density at radius 3 is 2.64 bits per heavy atom. The average Bonchev–Trinajstić information content (AvgIpc) is 3.15. The summed E-state index contributed by atoms with van der Waals surface area (Å²) in [6, 6.07) is 3.58. The molecule has 1 aromatic rings. The molecule has 188 valence electrons. The van der Waals surface area contributed by atoms with E-state index in [2.05, 4.69) is 10.7 Å². The van der Waals surface area contributed by atoms with Gasteiger partial charge in [-0.05, 0) is 38.1 Å². The van der Waals surface area contributed by atoms with E-state index in [4.69, 9.17) is 9.47 Å². The molecule has 0 aromatic heterocycles. The van der Waals surface area contributed by atoms with Crippen LogP contribution in [0.5, 0.6) is 5.75 Å². The molecule has 2 unspecified atom stereocenters. The Hall–Kier alpha value is -1.80. The van der Waals surface area contributed by atoms with Gasteiger partial charge in [-0.2, -0.15) is 13.2 Å². The van der Waals surface area contributed by atoms with Crippen molar-refractivity contribution in [2.45, 2.75) is 31.7 Å². The van der Waals surface area contributed by atoms with E-state index in [1.807, 2.05) is 6.07 Å². The van der Waals surface area contributed by atoms with Crippen molar-refractivity contribution in [3.05, 3.63) is 17.7 Å². The molecule has 0 spiro atoms. The number of sulfonamides is 1. The molecule has 0 radical (unpaired) electrons. The van der Waals surface area contributed by atoms with Crippen molar-refractivity contribution in [1.29, 1.82) is 0 Å². The van der Waals surface area contributed by atoms with E-state index in [-0.39, 0.29) is 38.4 Å². The number of nitrogens with one attached hydrogen (secondary N) is 2. The molecular formula is C20H32F3N5O4S. The molecule has 2 heterocycles. The average molecular weight is 496 g/mol. The summed E-state index contributed by atoms with van der Waals surface area (Å²) in [7, 11) is 2.37. The van der Waals surface area contributed by atoms with E-state index < -0.39 is 28.3 Å². The highest BCUT2D eigenvalue weighted by Gasteiger charge is 2.43. The van der Waals surface area contributed by atoms with Gasteiger partial charge in [0, 0.05) is 27.2 Å². The van der Waals surface area contributed by atoms with E-state index >= 15 is 0 Å². The number of benzene rings is 1. The summed E-state index contributed by atoms with van der Waals surface area (Å²) in [5, 5.41) is 4.80. The van der Waals surface area contributed by atoms with Gasteiger partial charge in [0.2, 0.25) is 10.0 Å². The molecule has 2 N–H and O–H groups in total. The van der Waals surface area contributed by atoms with E-state index in [1.54, 1.807) is 30.1 Å². The molecule has 1 fully saturated rings. The second-order valence-corrected chi connectivity index (χ2v) is 10.3. The lowest BCUT2D eigenvalue weighted by atomic mass is 9.95. The Labute approximate surface area is 192 Å². The molecule has 0 saturated carbocycles. The van der Waals surface area contributed by atoms with E-state index in [9.17, 15) is 21.6 Å². The highest BCUT2D eigenvalue weighted by atomic mass is 32.2. The van der Waals surface area contributed by atoms with Gasteiger partial charge in [0.1, 0.15) is 18.2 Å². The third-order valence-electron chi connectivity index (χ3n) is 6.17. The highest BCUT2D eigenvalue weighted by molar-refractivity contribution is 7.92. The molecular weight excluding hydrogens is 463 g/mol. The summed E-state index contributed by atoms with van der Waals surface area (Å²) in [4.78, 5) is 1.63. The van der Waals surface area contributed by atoms with Crippen molar-refractivity contribution in [3.8, 4) is 5.75 Å². The minimum absolute atomic E-state index is 0.0220. The molecule has 1 aromatic carbocycles. The van der Waals surface area contributed by atoms with Crippen molar-refractivity contribution in [1.82, 2.24) is 15.6 Å². The van der Waals surface area contributed by atoms with E-state index in [1.165, 1.54) is 14.2 Å². The quantitative estimate of drug-likeness (QED) is 0.501. The normalized spacial score (nSPS) is 21.4. The fourth-order valence-electron chi connectivity index (χ4n) is 4.26. The van der Waals surface area contributed by atoms with Gasteiger partial charge < -0.3 is 19.8 Å². The second-order valence-electron chi connectivity index (χ2n) is 8.31. The number of rotatable bonds is 9. The first kappa shape index (κ1) is 25.8. The van der Waals surface area contributed by atoms with Crippen molar-refractivity contribution >= 4 is 21.4 Å². The number of hydrogen-bond acceptors (Lipinski definition) is 8. The van der Waals surface area contributed by atoms with Gasteiger partial charge in [-0.3, -0.25) is 4.90 Å². The zero-order valence-electron chi connectivity index (χ0n) is 19.3. The van der Waals surface area contributed by atoms with Crippen molar-refractivity contribution < 1.29 is 31.1 Å². The number of halogens is 3. The van der Waals surface area contributed by atoms with Crippen molar-refractivity contribution in [2.24, 2.45) is 5.92 Å². The lowest BCUT2D eigenvalue weighted by molar-refractivity contribution is -0.186. The maximum atomic E-state index is 13.4.